The number of alkyl carbamates (subject to hydrolysis) is 1. The molecule has 0 aliphatic carbocycles. The van der Waals surface area contributed by atoms with E-state index in [1.165, 1.54) is 7.11 Å². The van der Waals surface area contributed by atoms with E-state index in [1.54, 1.807) is 27.7 Å². The van der Waals surface area contributed by atoms with Gasteiger partial charge in [0, 0.05) is 13.7 Å². The topological polar surface area (TPSA) is 144 Å². The molecule has 1 fully saturated rings. The second-order valence-corrected chi connectivity index (χ2v) is 6.97. The third-order valence-corrected chi connectivity index (χ3v) is 3.97. The van der Waals surface area contributed by atoms with Crippen molar-refractivity contribution in [3.05, 3.63) is 0 Å². The van der Waals surface area contributed by atoms with Crippen LogP contribution in [0.5, 0.6) is 0 Å². The Morgan fingerprint density at radius 3 is 2.31 bits per heavy atom. The number of aliphatic hydroxyl groups is 3. The van der Waals surface area contributed by atoms with Crippen molar-refractivity contribution in [3.8, 4) is 0 Å². The molecule has 0 saturated carbocycles. The Morgan fingerprint density at radius 1 is 1.23 bits per heavy atom. The molecule has 0 aromatic heterocycles. The van der Waals surface area contributed by atoms with E-state index in [0.29, 0.717) is 0 Å². The number of methoxy groups -OCH3 is 1. The van der Waals surface area contributed by atoms with Gasteiger partial charge in [-0.1, -0.05) is 0 Å². The third-order valence-electron chi connectivity index (χ3n) is 3.97. The van der Waals surface area contributed by atoms with Crippen molar-refractivity contribution < 1.29 is 43.9 Å². The zero-order valence-electron chi connectivity index (χ0n) is 15.7. The number of hydrogen-bond acceptors (Lipinski definition) is 9. The van der Waals surface area contributed by atoms with Gasteiger partial charge in [-0.2, -0.15) is 0 Å². The molecule has 0 aromatic carbocycles. The molecule has 5 atom stereocenters. The lowest BCUT2D eigenvalue weighted by molar-refractivity contribution is -0.306. The van der Waals surface area contributed by atoms with Gasteiger partial charge in [-0.3, -0.25) is 4.79 Å². The van der Waals surface area contributed by atoms with Crippen LogP contribution in [0.1, 0.15) is 27.7 Å². The molecule has 10 heteroatoms. The zero-order chi connectivity index (χ0) is 20.1. The monoisotopic (exact) mass is 379 g/mol. The average molecular weight is 379 g/mol. The predicted molar refractivity (Wildman–Crippen MR) is 88.1 cm³/mol. The van der Waals surface area contributed by atoms with E-state index in [4.69, 9.17) is 18.9 Å². The van der Waals surface area contributed by atoms with Crippen LogP contribution in [-0.4, -0.2) is 84.5 Å². The van der Waals surface area contributed by atoms with Crippen LogP contribution >= 0.6 is 0 Å². The first-order chi connectivity index (χ1) is 12.0. The van der Waals surface area contributed by atoms with Crippen molar-refractivity contribution in [1.29, 1.82) is 0 Å². The van der Waals surface area contributed by atoms with Crippen molar-refractivity contribution in [1.82, 2.24) is 5.32 Å². The van der Waals surface area contributed by atoms with Gasteiger partial charge in [-0.05, 0) is 27.7 Å². The molecular weight excluding hydrogens is 350 g/mol. The van der Waals surface area contributed by atoms with Gasteiger partial charge in [0.15, 0.2) is 6.29 Å². The van der Waals surface area contributed by atoms with Crippen molar-refractivity contribution >= 4 is 12.1 Å². The maximum atomic E-state index is 12.6. The van der Waals surface area contributed by atoms with E-state index in [-0.39, 0.29) is 6.61 Å². The Labute approximate surface area is 152 Å². The van der Waals surface area contributed by atoms with Gasteiger partial charge < -0.3 is 39.6 Å². The zero-order valence-corrected chi connectivity index (χ0v) is 15.7. The molecule has 26 heavy (non-hydrogen) atoms. The maximum Gasteiger partial charge on any atom is 0.407 e. The highest BCUT2D eigenvalue weighted by Crippen LogP contribution is 2.38. The number of rotatable bonds is 6. The molecule has 0 spiro atoms. The highest BCUT2D eigenvalue weighted by Gasteiger charge is 2.61. The second kappa shape index (κ2) is 8.96. The first-order valence-corrected chi connectivity index (χ1v) is 8.32. The number of aliphatic hydroxyl groups excluding tert-OH is 3. The average Bonchev–Trinajstić information content (AvgIpc) is 2.54. The van der Waals surface area contributed by atoms with Crippen LogP contribution in [0.15, 0.2) is 0 Å². The Morgan fingerprint density at radius 2 is 1.85 bits per heavy atom. The third kappa shape index (κ3) is 4.83. The number of carbonyl (C=O) groups is 2. The SMILES string of the molecule is CCOC(=O)[C@@]1(CNC(=O)OC(C)(C)C)[C@H](O)[C@@H](CO)O[C@@H](OC)[C@@H]1O. The van der Waals surface area contributed by atoms with Gasteiger partial charge in [0.25, 0.3) is 0 Å². The molecule has 152 valence electrons. The fraction of sp³-hybridized carbons (Fsp3) is 0.875. The standard InChI is InChI=1S/C16H29NO9/c1-6-24-13(21)16(8-17-14(22)26-15(2,3)4)10(19)9(7-18)25-12(23-5)11(16)20/h9-12,18-20H,6-8H2,1-5H3,(H,17,22)/t9-,10-,11+,12-,16+/m1/s1. The van der Waals surface area contributed by atoms with Crippen LogP contribution in [0.3, 0.4) is 0 Å². The van der Waals surface area contributed by atoms with E-state index < -0.39 is 60.8 Å². The highest BCUT2D eigenvalue weighted by molar-refractivity contribution is 5.80. The fourth-order valence-corrected chi connectivity index (χ4v) is 2.72. The molecule has 1 heterocycles. The second-order valence-electron chi connectivity index (χ2n) is 6.97. The normalized spacial score (nSPS) is 32.0. The quantitative estimate of drug-likeness (QED) is 0.434. The molecular formula is C16H29NO9. The smallest absolute Gasteiger partial charge is 0.407 e. The minimum Gasteiger partial charge on any atom is -0.465 e. The molecule has 0 aromatic rings. The molecule has 1 saturated heterocycles. The number of nitrogens with one attached hydrogen (secondary N) is 1. The highest BCUT2D eigenvalue weighted by atomic mass is 16.7. The predicted octanol–water partition coefficient (Wildman–Crippen LogP) is -0.854. The minimum atomic E-state index is -2.01. The van der Waals surface area contributed by atoms with Crippen molar-refractivity contribution in [2.24, 2.45) is 5.41 Å². The molecule has 0 radical (unpaired) electrons. The van der Waals surface area contributed by atoms with E-state index in [1.807, 2.05) is 0 Å². The lowest BCUT2D eigenvalue weighted by atomic mass is 9.72. The van der Waals surface area contributed by atoms with Crippen LogP contribution in [0.2, 0.25) is 0 Å². The number of hydrogen-bond donors (Lipinski definition) is 4. The Kier molecular flexibility index (Phi) is 7.78. The minimum absolute atomic E-state index is 0.0191. The van der Waals surface area contributed by atoms with Gasteiger partial charge in [0.1, 0.15) is 29.3 Å². The van der Waals surface area contributed by atoms with Crippen LogP contribution in [0.4, 0.5) is 4.79 Å². The van der Waals surface area contributed by atoms with Gasteiger partial charge in [-0.25, -0.2) is 4.79 Å². The largest absolute Gasteiger partial charge is 0.465 e. The number of esters is 1. The van der Waals surface area contributed by atoms with Crippen LogP contribution in [0, 0.1) is 5.41 Å². The molecule has 4 N–H and O–H groups in total. The summed E-state index contributed by atoms with van der Waals surface area (Å²) in [5.41, 5.74) is -2.80. The van der Waals surface area contributed by atoms with E-state index >= 15 is 0 Å². The molecule has 1 aliphatic rings. The summed E-state index contributed by atoms with van der Waals surface area (Å²) >= 11 is 0. The van der Waals surface area contributed by atoms with Gasteiger partial charge in [-0.15, -0.1) is 0 Å². The van der Waals surface area contributed by atoms with E-state index in [2.05, 4.69) is 5.32 Å². The summed E-state index contributed by atoms with van der Waals surface area (Å²) in [7, 11) is 1.23. The lowest BCUT2D eigenvalue weighted by Gasteiger charge is -2.48. The first-order valence-electron chi connectivity index (χ1n) is 8.32. The van der Waals surface area contributed by atoms with Crippen LogP contribution < -0.4 is 5.32 Å². The first kappa shape index (κ1) is 22.6. The molecule has 0 bridgehead atoms. The number of ether oxygens (including phenoxy) is 4. The summed E-state index contributed by atoms with van der Waals surface area (Å²) in [6.45, 7) is 5.37. The summed E-state index contributed by atoms with van der Waals surface area (Å²) in [5.74, 6) is -0.958. The Hall–Kier alpha value is -1.46. The van der Waals surface area contributed by atoms with E-state index in [0.717, 1.165) is 0 Å². The molecule has 1 rings (SSSR count). The fourth-order valence-electron chi connectivity index (χ4n) is 2.72. The van der Waals surface area contributed by atoms with E-state index in [9.17, 15) is 24.9 Å². The molecule has 10 nitrogen and oxygen atoms in total. The van der Waals surface area contributed by atoms with Crippen molar-refractivity contribution in [2.45, 2.75) is 57.9 Å². The summed E-state index contributed by atoms with van der Waals surface area (Å²) in [6.07, 6.45) is -6.72. The Balaban J connectivity index is 3.17. The molecule has 0 unspecified atom stereocenters. The van der Waals surface area contributed by atoms with Crippen LogP contribution in [-0.2, 0) is 23.7 Å². The number of carbonyl (C=O) groups excluding carboxylic acids is 2. The van der Waals surface area contributed by atoms with Gasteiger partial charge in [0.2, 0.25) is 0 Å². The molecule has 1 aliphatic heterocycles. The summed E-state index contributed by atoms with van der Waals surface area (Å²) in [5, 5.41) is 33.0. The van der Waals surface area contributed by atoms with Gasteiger partial charge in [0.05, 0.1) is 13.2 Å². The Bertz CT molecular complexity index is 475. The summed E-state index contributed by atoms with van der Waals surface area (Å²) in [4.78, 5) is 24.6. The maximum absolute atomic E-state index is 12.6. The summed E-state index contributed by atoms with van der Waals surface area (Å²) < 4.78 is 20.4. The summed E-state index contributed by atoms with van der Waals surface area (Å²) in [6, 6.07) is 0. The van der Waals surface area contributed by atoms with Crippen molar-refractivity contribution in [3.63, 3.8) is 0 Å². The lowest BCUT2D eigenvalue weighted by Crippen LogP contribution is -2.69. The number of amides is 1. The van der Waals surface area contributed by atoms with Crippen molar-refractivity contribution in [2.75, 3.05) is 26.9 Å². The van der Waals surface area contributed by atoms with Crippen LogP contribution in [0.25, 0.3) is 0 Å². The van der Waals surface area contributed by atoms with Gasteiger partial charge >= 0.3 is 12.1 Å². The molecule has 1 amide bonds.